The first kappa shape index (κ1) is 21.8. The monoisotopic (exact) mass is 470 g/mol. The number of carbonyl (C=O) groups excluding carboxylic acids is 1. The maximum atomic E-state index is 15.3. The largest absolute Gasteiger partial charge is 0.444 e. The number of imidazole rings is 1. The number of amides is 1. The van der Waals surface area contributed by atoms with Crippen LogP contribution in [-0.2, 0) is 11.8 Å². The Balaban J connectivity index is 1.36. The Morgan fingerprint density at radius 3 is 2.61 bits per heavy atom. The van der Waals surface area contributed by atoms with Crippen molar-refractivity contribution < 1.29 is 13.9 Å². The van der Waals surface area contributed by atoms with Gasteiger partial charge in [0.25, 0.3) is 0 Å². The van der Waals surface area contributed by atoms with Gasteiger partial charge in [0.05, 0.1) is 5.52 Å². The first-order chi connectivity index (χ1) is 15.6. The second-order valence-corrected chi connectivity index (χ2v) is 10.6. The van der Waals surface area contributed by atoms with Gasteiger partial charge < -0.3 is 9.64 Å². The number of fused-ring (bicyclic) bond motifs is 2. The highest BCUT2D eigenvalue weighted by atomic mass is 32.1. The molecule has 0 radical (unpaired) electrons. The molecule has 1 aliphatic heterocycles. The minimum absolute atomic E-state index is 0.0463. The zero-order valence-electron chi connectivity index (χ0n) is 19.4. The van der Waals surface area contributed by atoms with Crippen LogP contribution in [-0.4, -0.2) is 54.1 Å². The van der Waals surface area contributed by atoms with Crippen LogP contribution in [0.15, 0.2) is 18.3 Å². The van der Waals surface area contributed by atoms with Crippen molar-refractivity contribution in [3.8, 4) is 10.6 Å². The molecule has 10 heteroatoms. The van der Waals surface area contributed by atoms with E-state index in [0.29, 0.717) is 36.6 Å². The molecule has 1 amide bonds. The molecule has 4 heterocycles. The fraction of sp³-hybridized carbons (Fsp3) is 0.478. The molecule has 0 atom stereocenters. The SMILES string of the molecule is Cc1cc(-c2nn3c(F)c(C4CCN(C(=O)OC(C)(C)C)CC4)nc3s2)cc2cn(C)nc12. The molecule has 0 spiro atoms. The van der Waals surface area contributed by atoms with E-state index < -0.39 is 11.5 Å². The van der Waals surface area contributed by atoms with Crippen LogP contribution in [0.25, 0.3) is 26.4 Å². The summed E-state index contributed by atoms with van der Waals surface area (Å²) in [5.41, 5.74) is 2.83. The molecule has 0 N–H and O–H groups in total. The van der Waals surface area contributed by atoms with E-state index in [4.69, 9.17) is 4.74 Å². The third kappa shape index (κ3) is 4.07. The summed E-state index contributed by atoms with van der Waals surface area (Å²) in [6, 6.07) is 4.05. The summed E-state index contributed by atoms with van der Waals surface area (Å²) in [7, 11) is 1.89. The number of hydrogen-bond donors (Lipinski definition) is 0. The van der Waals surface area contributed by atoms with Crippen molar-refractivity contribution in [2.45, 2.75) is 52.1 Å². The van der Waals surface area contributed by atoms with Gasteiger partial charge in [-0.25, -0.2) is 9.78 Å². The van der Waals surface area contributed by atoms with E-state index in [9.17, 15) is 4.79 Å². The van der Waals surface area contributed by atoms with Gasteiger partial charge in [-0.05, 0) is 58.2 Å². The summed E-state index contributed by atoms with van der Waals surface area (Å²) in [5, 5.41) is 10.7. The molecule has 1 aromatic carbocycles. The van der Waals surface area contributed by atoms with Crippen molar-refractivity contribution in [1.82, 2.24) is 29.3 Å². The summed E-state index contributed by atoms with van der Waals surface area (Å²) in [6.07, 6.45) is 2.93. The van der Waals surface area contributed by atoms with Gasteiger partial charge >= 0.3 is 6.09 Å². The average molecular weight is 471 g/mol. The van der Waals surface area contributed by atoms with Crippen molar-refractivity contribution >= 4 is 33.3 Å². The van der Waals surface area contributed by atoms with Crippen LogP contribution < -0.4 is 0 Å². The fourth-order valence-electron chi connectivity index (χ4n) is 4.33. The highest BCUT2D eigenvalue weighted by Crippen LogP contribution is 2.34. The standard InChI is InChI=1S/C23H27FN6O2S/c1-13-10-15(11-16-12-28(5)26-17(13)16)20-27-30-19(24)18(25-21(30)33-20)14-6-8-29(9-7-14)22(31)32-23(2,3)4/h10-12,14H,6-9H2,1-5H3. The Bertz CT molecular complexity index is 1360. The van der Waals surface area contributed by atoms with Gasteiger partial charge in [-0.1, -0.05) is 11.3 Å². The van der Waals surface area contributed by atoms with E-state index in [1.807, 2.05) is 53.1 Å². The molecule has 4 aromatic rings. The molecule has 5 rings (SSSR count). The summed E-state index contributed by atoms with van der Waals surface area (Å²) in [4.78, 5) is 19.1. The quantitative estimate of drug-likeness (QED) is 0.416. The Morgan fingerprint density at radius 1 is 1.21 bits per heavy atom. The fourth-order valence-corrected chi connectivity index (χ4v) is 5.21. The lowest BCUT2D eigenvalue weighted by Gasteiger charge is -2.32. The van der Waals surface area contributed by atoms with Crippen LogP contribution in [0.2, 0.25) is 0 Å². The van der Waals surface area contributed by atoms with Crippen molar-refractivity contribution in [3.63, 3.8) is 0 Å². The molecule has 33 heavy (non-hydrogen) atoms. The summed E-state index contributed by atoms with van der Waals surface area (Å²) < 4.78 is 23.8. The molecule has 3 aromatic heterocycles. The van der Waals surface area contributed by atoms with E-state index in [1.54, 1.807) is 9.58 Å². The van der Waals surface area contributed by atoms with Gasteiger partial charge in [0.1, 0.15) is 16.3 Å². The second-order valence-electron chi connectivity index (χ2n) is 9.66. The predicted octanol–water partition coefficient (Wildman–Crippen LogP) is 4.91. The van der Waals surface area contributed by atoms with Crippen LogP contribution in [0.5, 0.6) is 0 Å². The number of rotatable bonds is 2. The molecule has 1 saturated heterocycles. The molecule has 0 saturated carbocycles. The van der Waals surface area contributed by atoms with E-state index in [1.165, 1.54) is 15.9 Å². The number of carbonyl (C=O) groups is 1. The van der Waals surface area contributed by atoms with Gasteiger partial charge in [0.15, 0.2) is 0 Å². The number of hydrogen-bond acceptors (Lipinski definition) is 6. The van der Waals surface area contributed by atoms with E-state index in [-0.39, 0.29) is 12.0 Å². The lowest BCUT2D eigenvalue weighted by molar-refractivity contribution is 0.0203. The minimum atomic E-state index is -0.530. The number of benzene rings is 1. The number of halogens is 1. The summed E-state index contributed by atoms with van der Waals surface area (Å²) >= 11 is 1.37. The molecule has 0 bridgehead atoms. The maximum Gasteiger partial charge on any atom is 0.410 e. The van der Waals surface area contributed by atoms with Gasteiger partial charge in [-0.3, -0.25) is 4.68 Å². The lowest BCUT2D eigenvalue weighted by Crippen LogP contribution is -2.41. The van der Waals surface area contributed by atoms with Gasteiger partial charge in [-0.2, -0.15) is 19.1 Å². The van der Waals surface area contributed by atoms with E-state index in [2.05, 4.69) is 15.2 Å². The number of piperidine rings is 1. The predicted molar refractivity (Wildman–Crippen MR) is 125 cm³/mol. The molecular weight excluding hydrogens is 443 g/mol. The summed E-state index contributed by atoms with van der Waals surface area (Å²) in [6.45, 7) is 8.60. The molecule has 0 unspecified atom stereocenters. The first-order valence-electron chi connectivity index (χ1n) is 11.1. The van der Waals surface area contributed by atoms with Crippen LogP contribution in [0.3, 0.4) is 0 Å². The molecule has 1 aliphatic rings. The van der Waals surface area contributed by atoms with Crippen LogP contribution in [0.4, 0.5) is 9.18 Å². The molecule has 0 aliphatic carbocycles. The first-order valence-corrected chi connectivity index (χ1v) is 11.9. The normalized spacial score (nSPS) is 15.6. The number of likely N-dealkylation sites (tertiary alicyclic amines) is 1. The van der Waals surface area contributed by atoms with Crippen molar-refractivity contribution in [3.05, 3.63) is 35.5 Å². The minimum Gasteiger partial charge on any atom is -0.444 e. The topological polar surface area (TPSA) is 77.5 Å². The maximum absolute atomic E-state index is 15.3. The van der Waals surface area contributed by atoms with Gasteiger partial charge in [0.2, 0.25) is 10.9 Å². The Labute approximate surface area is 195 Å². The number of ether oxygens (including phenoxy) is 1. The zero-order valence-corrected chi connectivity index (χ0v) is 20.2. The van der Waals surface area contributed by atoms with Gasteiger partial charge in [0, 0.05) is 43.2 Å². The second kappa shape index (κ2) is 7.79. The third-order valence-electron chi connectivity index (χ3n) is 5.87. The smallest absolute Gasteiger partial charge is 0.410 e. The summed E-state index contributed by atoms with van der Waals surface area (Å²) in [5.74, 6) is -0.461. The van der Waals surface area contributed by atoms with E-state index >= 15 is 4.39 Å². The number of aryl methyl sites for hydroxylation is 2. The van der Waals surface area contributed by atoms with Gasteiger partial charge in [-0.15, -0.1) is 0 Å². The molecule has 8 nitrogen and oxygen atoms in total. The lowest BCUT2D eigenvalue weighted by atomic mass is 9.94. The highest BCUT2D eigenvalue weighted by Gasteiger charge is 2.31. The van der Waals surface area contributed by atoms with Crippen molar-refractivity contribution in [1.29, 1.82) is 0 Å². The van der Waals surface area contributed by atoms with Crippen molar-refractivity contribution in [2.75, 3.05) is 13.1 Å². The Kier molecular flexibility index (Phi) is 5.15. The molecule has 174 valence electrons. The molecule has 1 fully saturated rings. The Morgan fingerprint density at radius 2 is 1.94 bits per heavy atom. The average Bonchev–Trinajstić information content (AvgIpc) is 3.40. The van der Waals surface area contributed by atoms with Crippen LogP contribution in [0, 0.1) is 12.9 Å². The number of nitrogens with zero attached hydrogens (tertiary/aromatic N) is 6. The van der Waals surface area contributed by atoms with Crippen LogP contribution >= 0.6 is 11.3 Å². The number of aromatic nitrogens is 5. The van der Waals surface area contributed by atoms with Crippen molar-refractivity contribution in [2.24, 2.45) is 7.05 Å². The highest BCUT2D eigenvalue weighted by molar-refractivity contribution is 7.19. The van der Waals surface area contributed by atoms with E-state index in [0.717, 1.165) is 27.0 Å². The third-order valence-corrected chi connectivity index (χ3v) is 6.82. The molecular formula is C23H27FN6O2S. The van der Waals surface area contributed by atoms with Crippen LogP contribution in [0.1, 0.15) is 50.8 Å². The zero-order chi connectivity index (χ0) is 23.5. The Hall–Kier alpha value is -3.01.